The first-order valence-corrected chi connectivity index (χ1v) is 8.24. The predicted molar refractivity (Wildman–Crippen MR) is 83.9 cm³/mol. The van der Waals surface area contributed by atoms with E-state index in [9.17, 15) is 9.59 Å². The molecule has 8 heteroatoms. The van der Waals surface area contributed by atoms with Crippen LogP contribution in [-0.2, 0) is 11.8 Å². The van der Waals surface area contributed by atoms with Gasteiger partial charge in [-0.1, -0.05) is 35.2 Å². The quantitative estimate of drug-likeness (QED) is 0.867. The van der Waals surface area contributed by atoms with E-state index in [0.29, 0.717) is 11.3 Å². The Morgan fingerprint density at radius 2 is 2.24 bits per heavy atom. The number of benzene rings is 1. The predicted octanol–water partition coefficient (Wildman–Crippen LogP) is 1.34. The van der Waals surface area contributed by atoms with E-state index in [1.165, 1.54) is 28.0 Å². The second-order valence-corrected chi connectivity index (χ2v) is 6.65. The molecular formula is C13H14N4O2S2. The number of aromatic nitrogens is 1. The third-order valence-electron chi connectivity index (χ3n) is 3.17. The van der Waals surface area contributed by atoms with E-state index in [4.69, 9.17) is 0 Å². The van der Waals surface area contributed by atoms with Crippen LogP contribution in [0.1, 0.15) is 0 Å². The third-order valence-corrected chi connectivity index (χ3v) is 5.18. The minimum Gasteiger partial charge on any atom is -0.323 e. The second-order valence-electron chi connectivity index (χ2n) is 4.59. The number of nitrogens with zero attached hydrogens (tertiary/aromatic N) is 3. The van der Waals surface area contributed by atoms with Crippen LogP contribution < -0.4 is 10.2 Å². The number of hydrogen-bond donors (Lipinski definition) is 1. The van der Waals surface area contributed by atoms with Gasteiger partial charge in [0, 0.05) is 19.3 Å². The Morgan fingerprint density at radius 1 is 1.43 bits per heavy atom. The van der Waals surface area contributed by atoms with E-state index in [1.807, 2.05) is 35.9 Å². The molecule has 1 aliphatic rings. The van der Waals surface area contributed by atoms with Crippen molar-refractivity contribution in [1.29, 1.82) is 0 Å². The molecule has 3 rings (SSSR count). The van der Waals surface area contributed by atoms with Crippen LogP contribution in [0, 0.1) is 0 Å². The molecule has 21 heavy (non-hydrogen) atoms. The van der Waals surface area contributed by atoms with Crippen molar-refractivity contribution in [3.8, 4) is 0 Å². The zero-order chi connectivity index (χ0) is 14.8. The number of amides is 2. The summed E-state index contributed by atoms with van der Waals surface area (Å²) >= 11 is 2.75. The van der Waals surface area contributed by atoms with Crippen LogP contribution in [0.3, 0.4) is 0 Å². The molecule has 0 radical (unpaired) electrons. The molecule has 6 nitrogen and oxygen atoms in total. The summed E-state index contributed by atoms with van der Waals surface area (Å²) in [6, 6.07) is 7.96. The highest BCUT2D eigenvalue weighted by Gasteiger charge is 2.22. The van der Waals surface area contributed by atoms with Crippen molar-refractivity contribution in [1.82, 2.24) is 14.9 Å². The number of thiazole rings is 1. The number of carbonyl (C=O) groups is 2. The highest BCUT2D eigenvalue weighted by atomic mass is 32.2. The fraction of sp³-hybridized carbons (Fsp3) is 0.308. The zero-order valence-corrected chi connectivity index (χ0v) is 13.0. The lowest BCUT2D eigenvalue weighted by atomic mass is 10.3. The maximum absolute atomic E-state index is 11.8. The summed E-state index contributed by atoms with van der Waals surface area (Å²) in [5.74, 6) is 0.470. The molecule has 0 spiro atoms. The monoisotopic (exact) mass is 322 g/mol. The summed E-state index contributed by atoms with van der Waals surface area (Å²) in [6.45, 7) is 0.678. The van der Waals surface area contributed by atoms with Gasteiger partial charge in [0.1, 0.15) is 6.54 Å². The van der Waals surface area contributed by atoms with E-state index in [2.05, 4.69) is 10.5 Å². The first kappa shape index (κ1) is 14.2. The average Bonchev–Trinajstić information content (AvgIpc) is 3.02. The highest BCUT2D eigenvalue weighted by Crippen LogP contribution is 2.16. The molecule has 2 amide bonds. The van der Waals surface area contributed by atoms with Crippen LogP contribution >= 0.6 is 23.1 Å². The van der Waals surface area contributed by atoms with Crippen molar-refractivity contribution in [2.75, 3.05) is 18.8 Å². The Hall–Kier alpha value is -1.80. The van der Waals surface area contributed by atoms with Crippen LogP contribution in [0.5, 0.6) is 0 Å². The zero-order valence-electron chi connectivity index (χ0n) is 11.4. The van der Waals surface area contributed by atoms with Gasteiger partial charge in [0.25, 0.3) is 11.1 Å². The van der Waals surface area contributed by atoms with Crippen LogP contribution in [0.15, 0.2) is 29.4 Å². The largest absolute Gasteiger partial charge is 0.323 e. The van der Waals surface area contributed by atoms with Gasteiger partial charge in [0.05, 0.1) is 10.2 Å². The number of nitrogens with one attached hydrogen (secondary N) is 1. The summed E-state index contributed by atoms with van der Waals surface area (Å²) in [7, 11) is 1.91. The number of para-hydroxylation sites is 1. The Bertz CT molecular complexity index is 765. The molecule has 1 aromatic heterocycles. The minimum absolute atomic E-state index is 0.0439. The Balaban J connectivity index is 1.73. The van der Waals surface area contributed by atoms with Crippen LogP contribution in [0.2, 0.25) is 0 Å². The molecule has 2 heterocycles. The van der Waals surface area contributed by atoms with Gasteiger partial charge in [-0.2, -0.15) is 0 Å². The number of carbonyl (C=O) groups excluding carboxylic acids is 2. The fourth-order valence-corrected chi connectivity index (χ4v) is 3.88. The molecule has 0 unspecified atom stereocenters. The number of aryl methyl sites for hydroxylation is 1. The van der Waals surface area contributed by atoms with E-state index in [0.717, 1.165) is 16.0 Å². The molecular weight excluding hydrogens is 308 g/mol. The molecule has 1 fully saturated rings. The van der Waals surface area contributed by atoms with E-state index < -0.39 is 0 Å². The lowest BCUT2D eigenvalue weighted by Crippen LogP contribution is -2.36. The molecule has 1 saturated heterocycles. The number of fused-ring (bicyclic) bond motifs is 1. The molecule has 110 valence electrons. The van der Waals surface area contributed by atoms with Gasteiger partial charge in [-0.3, -0.25) is 9.59 Å². The summed E-state index contributed by atoms with van der Waals surface area (Å²) in [5, 5.41) is 4.10. The highest BCUT2D eigenvalue weighted by molar-refractivity contribution is 8.13. The van der Waals surface area contributed by atoms with Gasteiger partial charge in [-0.05, 0) is 12.1 Å². The number of rotatable bonds is 3. The summed E-state index contributed by atoms with van der Waals surface area (Å²) in [4.78, 5) is 25.5. The molecule has 1 aromatic carbocycles. The van der Waals surface area contributed by atoms with Gasteiger partial charge >= 0.3 is 0 Å². The van der Waals surface area contributed by atoms with Crippen LogP contribution in [0.25, 0.3) is 10.2 Å². The summed E-state index contributed by atoms with van der Waals surface area (Å²) < 4.78 is 3.04. The normalized spacial score (nSPS) is 16.0. The van der Waals surface area contributed by atoms with Crippen LogP contribution in [-0.4, -0.2) is 39.5 Å². The SMILES string of the molecule is Cn1/c(=N\NC(=O)CN2CCSC2=O)sc2ccccc21. The van der Waals surface area contributed by atoms with Gasteiger partial charge in [-0.15, -0.1) is 5.10 Å². The van der Waals surface area contributed by atoms with Crippen molar-refractivity contribution in [2.24, 2.45) is 12.1 Å². The number of hydrogen-bond acceptors (Lipinski definition) is 5. The van der Waals surface area contributed by atoms with Gasteiger partial charge in [-0.25, -0.2) is 5.43 Å². The lowest BCUT2D eigenvalue weighted by Gasteiger charge is -2.11. The molecule has 0 bridgehead atoms. The molecule has 0 saturated carbocycles. The van der Waals surface area contributed by atoms with E-state index in [1.54, 1.807) is 0 Å². The minimum atomic E-state index is -0.275. The molecule has 0 atom stereocenters. The molecule has 2 aromatic rings. The van der Waals surface area contributed by atoms with Crippen molar-refractivity contribution < 1.29 is 9.59 Å². The van der Waals surface area contributed by atoms with Crippen molar-refractivity contribution in [3.63, 3.8) is 0 Å². The van der Waals surface area contributed by atoms with Crippen molar-refractivity contribution in [2.45, 2.75) is 0 Å². The third kappa shape index (κ3) is 2.96. The first-order valence-electron chi connectivity index (χ1n) is 6.44. The lowest BCUT2D eigenvalue weighted by molar-refractivity contribution is -0.121. The van der Waals surface area contributed by atoms with Gasteiger partial charge in [0.2, 0.25) is 4.80 Å². The second kappa shape index (κ2) is 5.90. The van der Waals surface area contributed by atoms with Crippen molar-refractivity contribution in [3.05, 3.63) is 29.1 Å². The molecule has 0 aliphatic carbocycles. The van der Waals surface area contributed by atoms with Crippen LogP contribution in [0.4, 0.5) is 4.79 Å². The first-order chi connectivity index (χ1) is 10.1. The van der Waals surface area contributed by atoms with E-state index in [-0.39, 0.29) is 17.7 Å². The maximum Gasteiger partial charge on any atom is 0.282 e. The van der Waals surface area contributed by atoms with Gasteiger partial charge < -0.3 is 9.47 Å². The summed E-state index contributed by atoms with van der Waals surface area (Å²) in [6.07, 6.45) is 0. The Morgan fingerprint density at radius 3 is 2.95 bits per heavy atom. The Kier molecular flexibility index (Phi) is 3.98. The smallest absolute Gasteiger partial charge is 0.282 e. The number of thioether (sulfide) groups is 1. The topological polar surface area (TPSA) is 66.7 Å². The standard InChI is InChI=1S/C13H14N4O2S2/c1-16-9-4-2-3-5-10(9)21-12(16)15-14-11(18)8-17-6-7-20-13(17)19/h2-5H,6-8H2,1H3,(H,14,18)/b15-12+. The van der Waals surface area contributed by atoms with Crippen molar-refractivity contribution >= 4 is 44.5 Å². The maximum atomic E-state index is 11.8. The van der Waals surface area contributed by atoms with E-state index >= 15 is 0 Å². The summed E-state index contributed by atoms with van der Waals surface area (Å²) in [5.41, 5.74) is 3.59. The molecule has 1 N–H and O–H groups in total. The fourth-order valence-electron chi connectivity index (χ4n) is 2.08. The van der Waals surface area contributed by atoms with Gasteiger partial charge in [0.15, 0.2) is 0 Å². The molecule has 1 aliphatic heterocycles. The average molecular weight is 322 g/mol. The Labute approximate surface area is 129 Å².